The lowest BCUT2D eigenvalue weighted by Crippen LogP contribution is -2.02. The molecular weight excluding hydrogens is 256 g/mol. The molecule has 0 aromatic heterocycles. The molecule has 0 fully saturated rings. The highest BCUT2D eigenvalue weighted by atomic mass is 79.9. The predicted octanol–water partition coefficient (Wildman–Crippen LogP) is 3.87. The van der Waals surface area contributed by atoms with Gasteiger partial charge < -0.3 is 5.32 Å². The van der Waals surface area contributed by atoms with Gasteiger partial charge in [-0.1, -0.05) is 11.6 Å². The van der Waals surface area contributed by atoms with Crippen LogP contribution in [0.2, 0.25) is 5.02 Å². The van der Waals surface area contributed by atoms with E-state index in [0.29, 0.717) is 18.0 Å². The smallest absolute Gasteiger partial charge is 0.0911 e. The van der Waals surface area contributed by atoms with E-state index in [0.717, 1.165) is 10.2 Å². The van der Waals surface area contributed by atoms with E-state index in [1.807, 2.05) is 6.07 Å². The maximum Gasteiger partial charge on any atom is 0.0911 e. The van der Waals surface area contributed by atoms with Crippen LogP contribution in [-0.2, 0) is 0 Å². The summed E-state index contributed by atoms with van der Waals surface area (Å²) < 4.78 is 12.7. The molecule has 0 bridgehead atoms. The molecule has 4 heteroatoms. The minimum atomic E-state index is -0.293. The molecule has 0 saturated carbocycles. The normalized spacial score (nSPS) is 10.1. The molecule has 0 aliphatic rings. The summed E-state index contributed by atoms with van der Waals surface area (Å²) in [4.78, 5) is 0. The monoisotopic (exact) mass is 265 g/mol. The van der Waals surface area contributed by atoms with Crippen LogP contribution in [0.3, 0.4) is 0 Å². The molecule has 1 aromatic rings. The minimum Gasteiger partial charge on any atom is -0.384 e. The van der Waals surface area contributed by atoms with Crippen LogP contribution in [0.1, 0.15) is 6.42 Å². The van der Waals surface area contributed by atoms with Gasteiger partial charge in [0.25, 0.3) is 0 Å². The number of benzene rings is 1. The standard InChI is InChI=1S/C9H10BrClFN/c10-8-6-7(11)2-3-9(8)13-5-1-4-12/h2-3,6,13H,1,4-5H2. The Bertz CT molecular complexity index is 280. The van der Waals surface area contributed by atoms with Crippen molar-refractivity contribution in [1.82, 2.24) is 0 Å². The Morgan fingerprint density at radius 2 is 2.23 bits per heavy atom. The van der Waals surface area contributed by atoms with Crippen molar-refractivity contribution < 1.29 is 4.39 Å². The molecule has 0 atom stereocenters. The Hall–Kier alpha value is -0.280. The van der Waals surface area contributed by atoms with E-state index in [9.17, 15) is 4.39 Å². The van der Waals surface area contributed by atoms with Crippen LogP contribution in [0.4, 0.5) is 10.1 Å². The van der Waals surface area contributed by atoms with E-state index in [2.05, 4.69) is 21.2 Å². The lowest BCUT2D eigenvalue weighted by atomic mass is 10.3. The van der Waals surface area contributed by atoms with Gasteiger partial charge in [-0.15, -0.1) is 0 Å². The largest absolute Gasteiger partial charge is 0.384 e. The molecular formula is C9H10BrClFN. The molecule has 13 heavy (non-hydrogen) atoms. The van der Waals surface area contributed by atoms with Gasteiger partial charge in [0.1, 0.15) is 0 Å². The van der Waals surface area contributed by atoms with Crippen LogP contribution in [0, 0.1) is 0 Å². The molecule has 0 radical (unpaired) electrons. The molecule has 0 aliphatic carbocycles. The van der Waals surface area contributed by atoms with E-state index in [-0.39, 0.29) is 6.67 Å². The number of rotatable bonds is 4. The third kappa shape index (κ3) is 3.53. The fourth-order valence-corrected chi connectivity index (χ4v) is 1.75. The van der Waals surface area contributed by atoms with Gasteiger partial charge in [0.2, 0.25) is 0 Å². The summed E-state index contributed by atoms with van der Waals surface area (Å²) in [6, 6.07) is 5.47. The average molecular weight is 267 g/mol. The molecule has 72 valence electrons. The van der Waals surface area contributed by atoms with Crippen LogP contribution in [-0.4, -0.2) is 13.2 Å². The van der Waals surface area contributed by atoms with Gasteiger partial charge in [-0.05, 0) is 40.5 Å². The third-order valence-corrected chi connectivity index (χ3v) is 2.45. The Morgan fingerprint density at radius 1 is 1.46 bits per heavy atom. The number of anilines is 1. The summed E-state index contributed by atoms with van der Waals surface area (Å²) >= 11 is 9.12. The van der Waals surface area contributed by atoms with Crippen molar-refractivity contribution in [2.75, 3.05) is 18.5 Å². The summed E-state index contributed by atoms with van der Waals surface area (Å²) in [7, 11) is 0. The van der Waals surface area contributed by atoms with E-state index >= 15 is 0 Å². The van der Waals surface area contributed by atoms with Gasteiger partial charge in [0.15, 0.2) is 0 Å². The molecule has 0 aliphatic heterocycles. The summed E-state index contributed by atoms with van der Waals surface area (Å²) in [6.45, 7) is 0.342. The van der Waals surface area contributed by atoms with Crippen LogP contribution >= 0.6 is 27.5 Å². The molecule has 0 amide bonds. The Kier molecular flexibility index (Phi) is 4.53. The summed E-state index contributed by atoms with van der Waals surface area (Å²) in [6.07, 6.45) is 0.523. The molecule has 1 N–H and O–H groups in total. The lowest BCUT2D eigenvalue weighted by molar-refractivity contribution is 0.481. The molecule has 1 aromatic carbocycles. The summed E-state index contributed by atoms with van der Waals surface area (Å²) in [5.41, 5.74) is 0.942. The van der Waals surface area contributed by atoms with Crippen molar-refractivity contribution in [3.63, 3.8) is 0 Å². The summed E-state index contributed by atoms with van der Waals surface area (Å²) in [5.74, 6) is 0. The Labute approximate surface area is 90.4 Å². The minimum absolute atomic E-state index is 0.293. The first-order valence-corrected chi connectivity index (χ1v) is 5.16. The maximum absolute atomic E-state index is 11.8. The molecule has 0 spiro atoms. The van der Waals surface area contributed by atoms with Gasteiger partial charge in [0.05, 0.1) is 6.67 Å². The molecule has 0 unspecified atom stereocenters. The first-order chi connectivity index (χ1) is 6.24. The van der Waals surface area contributed by atoms with E-state index in [1.54, 1.807) is 12.1 Å². The zero-order valence-corrected chi connectivity index (χ0v) is 9.33. The fourth-order valence-electron chi connectivity index (χ4n) is 0.923. The zero-order chi connectivity index (χ0) is 9.68. The molecule has 0 saturated heterocycles. The van der Waals surface area contributed by atoms with Crippen molar-refractivity contribution in [2.45, 2.75) is 6.42 Å². The zero-order valence-electron chi connectivity index (χ0n) is 6.99. The summed E-state index contributed by atoms with van der Waals surface area (Å²) in [5, 5.41) is 3.78. The first-order valence-electron chi connectivity index (χ1n) is 3.99. The van der Waals surface area contributed by atoms with Gasteiger partial charge in [0, 0.05) is 21.7 Å². The van der Waals surface area contributed by atoms with Crippen molar-refractivity contribution in [2.24, 2.45) is 0 Å². The van der Waals surface area contributed by atoms with Crippen LogP contribution < -0.4 is 5.32 Å². The number of alkyl halides is 1. The van der Waals surface area contributed by atoms with E-state index < -0.39 is 0 Å². The van der Waals surface area contributed by atoms with Crippen LogP contribution in [0.15, 0.2) is 22.7 Å². The van der Waals surface area contributed by atoms with Crippen molar-refractivity contribution in [3.8, 4) is 0 Å². The predicted molar refractivity (Wildman–Crippen MR) is 58.2 cm³/mol. The number of hydrogen-bond donors (Lipinski definition) is 1. The Morgan fingerprint density at radius 3 is 2.85 bits per heavy atom. The molecule has 1 rings (SSSR count). The van der Waals surface area contributed by atoms with Gasteiger partial charge in [-0.25, -0.2) is 0 Å². The van der Waals surface area contributed by atoms with E-state index in [1.165, 1.54) is 0 Å². The van der Waals surface area contributed by atoms with Gasteiger partial charge in [-0.2, -0.15) is 0 Å². The number of nitrogens with one attached hydrogen (secondary N) is 1. The second kappa shape index (κ2) is 5.45. The maximum atomic E-state index is 11.8. The Balaban J connectivity index is 2.56. The highest BCUT2D eigenvalue weighted by Gasteiger charge is 1.98. The molecule has 1 nitrogen and oxygen atoms in total. The van der Waals surface area contributed by atoms with E-state index in [4.69, 9.17) is 11.6 Å². The van der Waals surface area contributed by atoms with Crippen molar-refractivity contribution in [1.29, 1.82) is 0 Å². The first kappa shape index (κ1) is 10.8. The molecule has 0 heterocycles. The topological polar surface area (TPSA) is 12.0 Å². The second-order valence-electron chi connectivity index (χ2n) is 2.59. The lowest BCUT2D eigenvalue weighted by Gasteiger charge is -2.07. The number of hydrogen-bond acceptors (Lipinski definition) is 1. The fraction of sp³-hybridized carbons (Fsp3) is 0.333. The van der Waals surface area contributed by atoms with Crippen LogP contribution in [0.5, 0.6) is 0 Å². The highest BCUT2D eigenvalue weighted by molar-refractivity contribution is 9.10. The highest BCUT2D eigenvalue weighted by Crippen LogP contribution is 2.25. The van der Waals surface area contributed by atoms with Crippen molar-refractivity contribution >= 4 is 33.2 Å². The second-order valence-corrected chi connectivity index (χ2v) is 3.88. The number of halogens is 3. The quantitative estimate of drug-likeness (QED) is 0.816. The third-order valence-electron chi connectivity index (χ3n) is 1.56. The average Bonchev–Trinajstić information content (AvgIpc) is 2.09. The van der Waals surface area contributed by atoms with Gasteiger partial charge in [-0.3, -0.25) is 4.39 Å². The van der Waals surface area contributed by atoms with Crippen LogP contribution in [0.25, 0.3) is 0 Å². The van der Waals surface area contributed by atoms with Gasteiger partial charge >= 0.3 is 0 Å². The SMILES string of the molecule is FCCCNc1ccc(Cl)cc1Br. The van der Waals surface area contributed by atoms with Crippen molar-refractivity contribution in [3.05, 3.63) is 27.7 Å².